The largest absolute Gasteiger partial charge is 0.492 e. The van der Waals surface area contributed by atoms with Crippen LogP contribution < -0.4 is 10.5 Å². The highest BCUT2D eigenvalue weighted by atomic mass is 32.1. The van der Waals surface area contributed by atoms with Gasteiger partial charge in [-0.15, -0.1) is 0 Å². The van der Waals surface area contributed by atoms with Crippen molar-refractivity contribution in [2.24, 2.45) is 5.73 Å². The molecule has 1 aromatic rings. The third-order valence-corrected chi connectivity index (χ3v) is 3.57. The molecule has 2 rings (SSSR count). The van der Waals surface area contributed by atoms with Crippen molar-refractivity contribution in [1.29, 1.82) is 0 Å². The lowest BCUT2D eigenvalue weighted by atomic mass is 10.2. The van der Waals surface area contributed by atoms with Crippen molar-refractivity contribution in [2.45, 2.75) is 6.04 Å². The lowest BCUT2D eigenvalue weighted by Gasteiger charge is -2.34. The summed E-state index contributed by atoms with van der Waals surface area (Å²) in [6.45, 7) is 3.44. The lowest BCUT2D eigenvalue weighted by molar-refractivity contribution is -0.0312. The summed E-state index contributed by atoms with van der Waals surface area (Å²) in [7, 11) is 0. The van der Waals surface area contributed by atoms with Crippen LogP contribution in [-0.2, 0) is 4.74 Å². The molecule has 1 aromatic carbocycles. The summed E-state index contributed by atoms with van der Waals surface area (Å²) >= 11 is 5.00. The van der Waals surface area contributed by atoms with Gasteiger partial charge in [-0.25, -0.2) is 0 Å². The first-order valence-electron chi connectivity index (χ1n) is 6.66. The zero-order valence-electron chi connectivity index (χ0n) is 11.3. The maximum Gasteiger partial charge on any atom is 0.129 e. The maximum absolute atomic E-state index is 9.30. The number of thiocarbonyl (C=S) groups is 1. The van der Waals surface area contributed by atoms with Crippen LogP contribution in [0.15, 0.2) is 24.3 Å². The molecule has 0 bridgehead atoms. The first-order chi connectivity index (χ1) is 9.72. The standard InChI is InChI=1S/C14H20N2O3S/c15-14(20)12-3-1-2-4-13(12)19-8-6-16-5-7-18-10-11(16)9-17/h1-4,11,17H,5-10H2,(H2,15,20). The second kappa shape index (κ2) is 7.54. The third-order valence-electron chi connectivity index (χ3n) is 3.35. The second-order valence-electron chi connectivity index (χ2n) is 4.66. The Labute approximate surface area is 124 Å². The minimum Gasteiger partial charge on any atom is -0.492 e. The van der Waals surface area contributed by atoms with Gasteiger partial charge in [0.15, 0.2) is 0 Å². The summed E-state index contributed by atoms with van der Waals surface area (Å²) in [5.41, 5.74) is 6.42. The average molecular weight is 296 g/mol. The van der Waals surface area contributed by atoms with Crippen molar-refractivity contribution in [3.8, 4) is 5.75 Å². The zero-order valence-corrected chi connectivity index (χ0v) is 12.1. The predicted molar refractivity (Wildman–Crippen MR) is 81.1 cm³/mol. The van der Waals surface area contributed by atoms with Gasteiger partial charge in [0, 0.05) is 13.1 Å². The van der Waals surface area contributed by atoms with E-state index in [-0.39, 0.29) is 12.6 Å². The van der Waals surface area contributed by atoms with Crippen molar-refractivity contribution >= 4 is 17.2 Å². The van der Waals surface area contributed by atoms with Gasteiger partial charge in [0.05, 0.1) is 31.4 Å². The van der Waals surface area contributed by atoms with Crippen LogP contribution in [0.1, 0.15) is 5.56 Å². The average Bonchev–Trinajstić information content (AvgIpc) is 2.48. The Morgan fingerprint density at radius 3 is 3.05 bits per heavy atom. The van der Waals surface area contributed by atoms with Crippen LogP contribution in [0.3, 0.4) is 0 Å². The van der Waals surface area contributed by atoms with Gasteiger partial charge in [0.25, 0.3) is 0 Å². The van der Waals surface area contributed by atoms with Crippen molar-refractivity contribution in [3.63, 3.8) is 0 Å². The number of aliphatic hydroxyl groups is 1. The number of para-hydroxylation sites is 1. The van der Waals surface area contributed by atoms with Crippen LogP contribution in [0.4, 0.5) is 0 Å². The molecule has 6 heteroatoms. The predicted octanol–water partition coefficient (Wildman–Crippen LogP) is 0.393. The van der Waals surface area contributed by atoms with E-state index in [0.717, 1.165) is 18.7 Å². The summed E-state index contributed by atoms with van der Waals surface area (Å²) in [5.74, 6) is 0.703. The minimum atomic E-state index is 0.0539. The highest BCUT2D eigenvalue weighted by molar-refractivity contribution is 7.80. The first kappa shape index (κ1) is 15.2. The van der Waals surface area contributed by atoms with E-state index < -0.39 is 0 Å². The van der Waals surface area contributed by atoms with Gasteiger partial charge in [-0.05, 0) is 12.1 Å². The molecule has 1 aliphatic rings. The maximum atomic E-state index is 9.30. The molecule has 1 aliphatic heterocycles. The fraction of sp³-hybridized carbons (Fsp3) is 0.500. The summed E-state index contributed by atoms with van der Waals surface area (Å²) in [5, 5.41) is 9.30. The Bertz CT molecular complexity index is 456. The quantitative estimate of drug-likeness (QED) is 0.740. The van der Waals surface area contributed by atoms with Crippen LogP contribution in [0.25, 0.3) is 0 Å². The first-order valence-corrected chi connectivity index (χ1v) is 7.07. The monoisotopic (exact) mass is 296 g/mol. The molecule has 0 saturated carbocycles. The van der Waals surface area contributed by atoms with E-state index >= 15 is 0 Å². The Hall–Kier alpha value is -1.21. The minimum absolute atomic E-state index is 0.0539. The molecule has 0 amide bonds. The molecule has 0 radical (unpaired) electrons. The van der Waals surface area contributed by atoms with Crippen LogP contribution in [0.5, 0.6) is 5.75 Å². The summed E-state index contributed by atoms with van der Waals surface area (Å²) in [6, 6.07) is 7.53. The van der Waals surface area contributed by atoms with Crippen LogP contribution in [0.2, 0.25) is 0 Å². The van der Waals surface area contributed by atoms with E-state index in [1.807, 2.05) is 24.3 Å². The summed E-state index contributed by atoms with van der Waals surface area (Å²) in [6.07, 6.45) is 0. The summed E-state index contributed by atoms with van der Waals surface area (Å²) in [4.78, 5) is 2.51. The van der Waals surface area contributed by atoms with Gasteiger partial charge in [-0.2, -0.15) is 0 Å². The molecular weight excluding hydrogens is 276 g/mol. The molecule has 0 aliphatic carbocycles. The number of benzene rings is 1. The Morgan fingerprint density at radius 1 is 1.50 bits per heavy atom. The zero-order chi connectivity index (χ0) is 14.4. The smallest absolute Gasteiger partial charge is 0.129 e. The van der Waals surface area contributed by atoms with Crippen molar-refractivity contribution < 1.29 is 14.6 Å². The fourth-order valence-corrected chi connectivity index (χ4v) is 2.39. The summed E-state index contributed by atoms with van der Waals surface area (Å²) < 4.78 is 11.1. The molecule has 5 nitrogen and oxygen atoms in total. The number of morpholine rings is 1. The Balaban J connectivity index is 1.88. The number of hydrogen-bond donors (Lipinski definition) is 2. The molecule has 1 saturated heterocycles. The SMILES string of the molecule is NC(=S)c1ccccc1OCCN1CCOCC1CO. The van der Waals surface area contributed by atoms with Crippen LogP contribution in [0, 0.1) is 0 Å². The molecule has 1 fully saturated rings. The number of hydrogen-bond acceptors (Lipinski definition) is 5. The molecular formula is C14H20N2O3S. The van der Waals surface area contributed by atoms with E-state index in [2.05, 4.69) is 4.90 Å². The fourth-order valence-electron chi connectivity index (χ4n) is 2.22. The van der Waals surface area contributed by atoms with Gasteiger partial charge < -0.3 is 20.3 Å². The molecule has 0 aromatic heterocycles. The number of aliphatic hydroxyl groups excluding tert-OH is 1. The van der Waals surface area contributed by atoms with E-state index in [1.165, 1.54) is 0 Å². The molecule has 20 heavy (non-hydrogen) atoms. The number of rotatable bonds is 6. The van der Waals surface area contributed by atoms with Gasteiger partial charge in [0.2, 0.25) is 0 Å². The van der Waals surface area contributed by atoms with Crippen molar-refractivity contribution in [2.75, 3.05) is 39.5 Å². The highest BCUT2D eigenvalue weighted by Gasteiger charge is 2.21. The number of nitrogens with two attached hydrogens (primary N) is 1. The van der Waals surface area contributed by atoms with Crippen molar-refractivity contribution in [1.82, 2.24) is 4.90 Å². The topological polar surface area (TPSA) is 68.0 Å². The molecule has 3 N–H and O–H groups in total. The Morgan fingerprint density at radius 2 is 2.30 bits per heavy atom. The molecule has 110 valence electrons. The van der Waals surface area contributed by atoms with Gasteiger partial charge in [-0.1, -0.05) is 24.4 Å². The highest BCUT2D eigenvalue weighted by Crippen LogP contribution is 2.17. The lowest BCUT2D eigenvalue weighted by Crippen LogP contribution is -2.48. The van der Waals surface area contributed by atoms with Gasteiger partial charge >= 0.3 is 0 Å². The van der Waals surface area contributed by atoms with Crippen molar-refractivity contribution in [3.05, 3.63) is 29.8 Å². The van der Waals surface area contributed by atoms with Gasteiger partial charge in [-0.3, -0.25) is 4.90 Å². The molecule has 1 heterocycles. The van der Waals surface area contributed by atoms with E-state index in [9.17, 15) is 5.11 Å². The van der Waals surface area contributed by atoms with E-state index in [4.69, 9.17) is 27.4 Å². The normalized spacial score (nSPS) is 19.8. The third kappa shape index (κ3) is 3.89. The van der Waals surface area contributed by atoms with Gasteiger partial charge in [0.1, 0.15) is 17.3 Å². The second-order valence-corrected chi connectivity index (χ2v) is 5.10. The molecule has 0 spiro atoms. The molecule has 1 atom stereocenters. The van der Waals surface area contributed by atoms with Crippen LogP contribution >= 0.6 is 12.2 Å². The number of ether oxygens (including phenoxy) is 2. The molecule has 1 unspecified atom stereocenters. The van der Waals surface area contributed by atoms with E-state index in [0.29, 0.717) is 30.6 Å². The van der Waals surface area contributed by atoms with E-state index in [1.54, 1.807) is 0 Å². The van der Waals surface area contributed by atoms with Crippen LogP contribution in [-0.4, -0.2) is 60.6 Å². The Kier molecular flexibility index (Phi) is 5.72. The number of nitrogens with zero attached hydrogens (tertiary/aromatic N) is 1.